The molecule has 1 aromatic rings. The van der Waals surface area contributed by atoms with Crippen molar-refractivity contribution >= 4 is 5.82 Å². The summed E-state index contributed by atoms with van der Waals surface area (Å²) in [7, 11) is 0. The van der Waals surface area contributed by atoms with Crippen LogP contribution in [0.2, 0.25) is 0 Å². The summed E-state index contributed by atoms with van der Waals surface area (Å²) >= 11 is 0. The second-order valence-electron chi connectivity index (χ2n) is 6.18. The number of nitrogens with one attached hydrogen (secondary N) is 1. The lowest BCUT2D eigenvalue weighted by atomic mass is 9.97. The predicted octanol–water partition coefficient (Wildman–Crippen LogP) is 2.64. The minimum atomic E-state index is 0.459. The van der Waals surface area contributed by atoms with Crippen molar-refractivity contribution in [3.05, 3.63) is 18.1 Å². The fourth-order valence-electron chi connectivity index (χ4n) is 3.33. The van der Waals surface area contributed by atoms with Crippen molar-refractivity contribution in [2.24, 2.45) is 0 Å². The molecule has 0 radical (unpaired) electrons. The minimum absolute atomic E-state index is 0.459. The van der Waals surface area contributed by atoms with Gasteiger partial charge in [-0.25, -0.2) is 9.97 Å². The second-order valence-corrected chi connectivity index (χ2v) is 6.18. The average molecular weight is 260 g/mol. The molecule has 4 nitrogen and oxygen atoms in total. The number of nitrogens with zero attached hydrogens (tertiary/aromatic N) is 3. The number of hydrogen-bond acceptors (Lipinski definition) is 4. The van der Waals surface area contributed by atoms with Gasteiger partial charge in [-0.1, -0.05) is 13.8 Å². The van der Waals surface area contributed by atoms with Crippen molar-refractivity contribution < 1.29 is 0 Å². The highest BCUT2D eigenvalue weighted by Crippen LogP contribution is 2.28. The lowest BCUT2D eigenvalue weighted by Gasteiger charge is -2.35. The largest absolute Gasteiger partial charge is 0.367 e. The van der Waals surface area contributed by atoms with E-state index in [2.05, 4.69) is 40.1 Å². The zero-order chi connectivity index (χ0) is 13.2. The molecule has 0 aliphatic carbocycles. The van der Waals surface area contributed by atoms with Gasteiger partial charge in [-0.05, 0) is 38.1 Å². The number of fused-ring (bicyclic) bond motifs is 1. The van der Waals surface area contributed by atoms with Crippen molar-refractivity contribution in [3.8, 4) is 0 Å². The molecule has 2 aliphatic rings. The van der Waals surface area contributed by atoms with E-state index in [1.807, 2.05) is 0 Å². The van der Waals surface area contributed by atoms with Gasteiger partial charge in [-0.15, -0.1) is 0 Å². The van der Waals surface area contributed by atoms with Crippen LogP contribution in [0.15, 0.2) is 12.4 Å². The molecule has 2 fully saturated rings. The molecule has 0 spiro atoms. The summed E-state index contributed by atoms with van der Waals surface area (Å²) in [5.74, 6) is 1.45. The smallest absolute Gasteiger partial charge is 0.129 e. The zero-order valence-corrected chi connectivity index (χ0v) is 12.0. The third kappa shape index (κ3) is 2.89. The maximum atomic E-state index is 4.37. The molecule has 104 valence electrons. The first kappa shape index (κ1) is 12.9. The number of piperidine rings is 1. The highest BCUT2D eigenvalue weighted by Gasteiger charge is 2.31. The Kier molecular flexibility index (Phi) is 3.69. The number of rotatable bonds is 3. The molecule has 1 N–H and O–H groups in total. The van der Waals surface area contributed by atoms with E-state index < -0.39 is 0 Å². The van der Waals surface area contributed by atoms with E-state index in [9.17, 15) is 0 Å². The summed E-state index contributed by atoms with van der Waals surface area (Å²) in [6.45, 7) is 6.89. The van der Waals surface area contributed by atoms with Crippen LogP contribution in [0, 0.1) is 0 Å². The van der Waals surface area contributed by atoms with Gasteiger partial charge in [0.05, 0.1) is 0 Å². The van der Waals surface area contributed by atoms with E-state index in [0.29, 0.717) is 12.0 Å². The van der Waals surface area contributed by atoms with E-state index in [4.69, 9.17) is 0 Å². The zero-order valence-electron chi connectivity index (χ0n) is 12.0. The third-order valence-electron chi connectivity index (χ3n) is 4.45. The molecular formula is C15H24N4. The van der Waals surface area contributed by atoms with Crippen molar-refractivity contribution in [1.29, 1.82) is 0 Å². The number of aromatic nitrogens is 2. The lowest BCUT2D eigenvalue weighted by molar-refractivity contribution is 0.188. The van der Waals surface area contributed by atoms with Gasteiger partial charge >= 0.3 is 0 Å². The first-order valence-corrected chi connectivity index (χ1v) is 7.55. The van der Waals surface area contributed by atoms with Crippen LogP contribution in [-0.4, -0.2) is 40.0 Å². The van der Waals surface area contributed by atoms with Crippen LogP contribution in [-0.2, 0) is 0 Å². The van der Waals surface area contributed by atoms with Crippen LogP contribution in [0.3, 0.4) is 0 Å². The summed E-state index contributed by atoms with van der Waals surface area (Å²) in [5, 5.41) is 3.61. The van der Waals surface area contributed by atoms with Crippen LogP contribution in [0.25, 0.3) is 0 Å². The number of anilines is 1. The molecule has 19 heavy (non-hydrogen) atoms. The fourth-order valence-corrected chi connectivity index (χ4v) is 3.33. The second kappa shape index (κ2) is 5.45. The highest BCUT2D eigenvalue weighted by molar-refractivity contribution is 5.37. The van der Waals surface area contributed by atoms with E-state index >= 15 is 0 Å². The fraction of sp³-hybridized carbons (Fsp3) is 0.733. The van der Waals surface area contributed by atoms with E-state index in [1.54, 1.807) is 6.33 Å². The first-order valence-electron chi connectivity index (χ1n) is 7.55. The van der Waals surface area contributed by atoms with Gasteiger partial charge < -0.3 is 10.2 Å². The Balaban J connectivity index is 1.63. The molecule has 3 rings (SSSR count). The first-order chi connectivity index (χ1) is 9.22. The summed E-state index contributed by atoms with van der Waals surface area (Å²) in [4.78, 5) is 11.3. The van der Waals surface area contributed by atoms with Gasteiger partial charge in [0.15, 0.2) is 0 Å². The average Bonchev–Trinajstić information content (AvgIpc) is 2.86. The predicted molar refractivity (Wildman–Crippen MR) is 77.4 cm³/mol. The van der Waals surface area contributed by atoms with Crippen LogP contribution in [0.5, 0.6) is 0 Å². The third-order valence-corrected chi connectivity index (χ3v) is 4.45. The van der Waals surface area contributed by atoms with E-state index in [0.717, 1.165) is 17.6 Å². The van der Waals surface area contributed by atoms with Gasteiger partial charge in [-0.2, -0.15) is 0 Å². The normalized spacial score (nSPS) is 27.5. The molecule has 2 aliphatic heterocycles. The Labute approximate surface area is 115 Å². The van der Waals surface area contributed by atoms with Crippen molar-refractivity contribution in [2.75, 3.05) is 18.4 Å². The quantitative estimate of drug-likeness (QED) is 0.907. The van der Waals surface area contributed by atoms with Gasteiger partial charge in [-0.3, -0.25) is 0 Å². The molecule has 3 heterocycles. The Bertz CT molecular complexity index is 432. The van der Waals surface area contributed by atoms with E-state index in [-0.39, 0.29) is 0 Å². The topological polar surface area (TPSA) is 41.0 Å². The van der Waals surface area contributed by atoms with Crippen molar-refractivity contribution in [3.63, 3.8) is 0 Å². The maximum Gasteiger partial charge on any atom is 0.129 e. The van der Waals surface area contributed by atoms with Crippen molar-refractivity contribution in [2.45, 2.75) is 57.5 Å². The van der Waals surface area contributed by atoms with Crippen LogP contribution < -0.4 is 5.32 Å². The SMILES string of the molecule is CC(C)c1cc(NC2CCN3CCCC3C2)ncn1. The van der Waals surface area contributed by atoms with Crippen LogP contribution >= 0.6 is 0 Å². The van der Waals surface area contributed by atoms with Gasteiger partial charge in [0, 0.05) is 30.4 Å². The number of hydrogen-bond donors (Lipinski definition) is 1. The summed E-state index contributed by atoms with van der Waals surface area (Å²) in [5.41, 5.74) is 1.12. The van der Waals surface area contributed by atoms with E-state index in [1.165, 1.54) is 38.8 Å². The molecule has 2 saturated heterocycles. The summed E-state index contributed by atoms with van der Waals surface area (Å²) in [6, 6.07) is 3.48. The molecule has 2 unspecified atom stereocenters. The standard InChI is InChI=1S/C15H24N4/c1-11(2)14-9-15(17-10-16-14)18-12-5-7-19-6-3-4-13(19)8-12/h9-13H,3-8H2,1-2H3,(H,16,17,18). The van der Waals surface area contributed by atoms with Crippen molar-refractivity contribution in [1.82, 2.24) is 14.9 Å². The van der Waals surface area contributed by atoms with Crippen LogP contribution in [0.1, 0.15) is 51.1 Å². The summed E-state index contributed by atoms with van der Waals surface area (Å²) in [6.07, 6.45) is 6.93. The van der Waals surface area contributed by atoms with Gasteiger partial charge in [0.25, 0.3) is 0 Å². The molecule has 1 aromatic heterocycles. The van der Waals surface area contributed by atoms with Gasteiger partial charge in [0.2, 0.25) is 0 Å². The molecular weight excluding hydrogens is 236 g/mol. The monoisotopic (exact) mass is 260 g/mol. The highest BCUT2D eigenvalue weighted by atomic mass is 15.2. The lowest BCUT2D eigenvalue weighted by Crippen LogP contribution is -2.42. The summed E-state index contributed by atoms with van der Waals surface area (Å²) < 4.78 is 0. The molecule has 0 aromatic carbocycles. The molecule has 4 heteroatoms. The Morgan fingerprint density at radius 3 is 3.00 bits per heavy atom. The molecule has 2 atom stereocenters. The molecule has 0 amide bonds. The minimum Gasteiger partial charge on any atom is -0.367 e. The van der Waals surface area contributed by atoms with Gasteiger partial charge in [0.1, 0.15) is 12.1 Å². The Hall–Kier alpha value is -1.16. The molecule has 0 bridgehead atoms. The van der Waals surface area contributed by atoms with Crippen LogP contribution in [0.4, 0.5) is 5.82 Å². The maximum absolute atomic E-state index is 4.37. The molecule has 0 saturated carbocycles. The Morgan fingerprint density at radius 1 is 1.26 bits per heavy atom. The Morgan fingerprint density at radius 2 is 2.16 bits per heavy atom.